The SMILES string of the molecule is C=C(C)C(C)(Cl)C(C)=O. The van der Waals surface area contributed by atoms with Crippen LogP contribution in [0.2, 0.25) is 0 Å². The summed E-state index contributed by atoms with van der Waals surface area (Å²) in [5.41, 5.74) is 0.691. The van der Waals surface area contributed by atoms with Gasteiger partial charge in [-0.1, -0.05) is 12.2 Å². The molecule has 52 valence electrons. The van der Waals surface area contributed by atoms with Crippen molar-refractivity contribution in [3.8, 4) is 0 Å². The highest BCUT2D eigenvalue weighted by molar-refractivity contribution is 6.36. The summed E-state index contributed by atoms with van der Waals surface area (Å²) in [6.07, 6.45) is 0. The molecule has 0 amide bonds. The average molecular weight is 147 g/mol. The molecule has 2 heteroatoms. The Morgan fingerprint density at radius 1 is 1.56 bits per heavy atom. The Balaban J connectivity index is 4.38. The number of halogens is 1. The summed E-state index contributed by atoms with van der Waals surface area (Å²) >= 11 is 5.76. The van der Waals surface area contributed by atoms with Crippen LogP contribution in [0.15, 0.2) is 12.2 Å². The molecule has 0 spiro atoms. The van der Waals surface area contributed by atoms with Crippen LogP contribution in [0.3, 0.4) is 0 Å². The molecule has 0 radical (unpaired) electrons. The van der Waals surface area contributed by atoms with E-state index >= 15 is 0 Å². The van der Waals surface area contributed by atoms with E-state index in [1.54, 1.807) is 13.8 Å². The topological polar surface area (TPSA) is 17.1 Å². The van der Waals surface area contributed by atoms with E-state index in [0.29, 0.717) is 5.57 Å². The summed E-state index contributed by atoms with van der Waals surface area (Å²) in [5.74, 6) is -0.0586. The minimum absolute atomic E-state index is 0.0586. The lowest BCUT2D eigenvalue weighted by molar-refractivity contribution is -0.118. The zero-order valence-corrected chi connectivity index (χ0v) is 6.75. The number of rotatable bonds is 2. The van der Waals surface area contributed by atoms with E-state index in [1.165, 1.54) is 6.92 Å². The zero-order valence-electron chi connectivity index (χ0n) is 5.99. The lowest BCUT2D eigenvalue weighted by Gasteiger charge is -2.17. The van der Waals surface area contributed by atoms with Gasteiger partial charge in [0.1, 0.15) is 4.87 Å². The molecule has 0 aliphatic carbocycles. The molecule has 0 aliphatic heterocycles. The fraction of sp³-hybridized carbons (Fsp3) is 0.571. The van der Waals surface area contributed by atoms with Gasteiger partial charge in [-0.3, -0.25) is 4.79 Å². The number of ketones is 1. The van der Waals surface area contributed by atoms with Crippen molar-refractivity contribution in [2.75, 3.05) is 0 Å². The average Bonchev–Trinajstić information content (AvgIpc) is 1.65. The Hall–Kier alpha value is -0.300. The highest BCUT2D eigenvalue weighted by atomic mass is 35.5. The van der Waals surface area contributed by atoms with Gasteiger partial charge in [-0.15, -0.1) is 11.6 Å². The first-order valence-corrected chi connectivity index (χ1v) is 3.12. The van der Waals surface area contributed by atoms with Gasteiger partial charge in [0.05, 0.1) is 0 Å². The van der Waals surface area contributed by atoms with Gasteiger partial charge in [0.2, 0.25) is 0 Å². The maximum atomic E-state index is 10.7. The lowest BCUT2D eigenvalue weighted by atomic mass is 10.00. The molecule has 0 bridgehead atoms. The van der Waals surface area contributed by atoms with E-state index in [-0.39, 0.29) is 5.78 Å². The molecule has 0 saturated heterocycles. The molecule has 9 heavy (non-hydrogen) atoms. The van der Waals surface area contributed by atoms with Crippen LogP contribution in [0.25, 0.3) is 0 Å². The molecule has 0 heterocycles. The largest absolute Gasteiger partial charge is 0.298 e. The second-order valence-corrected chi connectivity index (χ2v) is 3.10. The van der Waals surface area contributed by atoms with Crippen molar-refractivity contribution in [3.05, 3.63) is 12.2 Å². The van der Waals surface area contributed by atoms with Crippen LogP contribution < -0.4 is 0 Å². The third-order valence-electron chi connectivity index (χ3n) is 1.46. The highest BCUT2D eigenvalue weighted by Gasteiger charge is 2.26. The molecule has 0 aromatic heterocycles. The molecular weight excluding hydrogens is 136 g/mol. The van der Waals surface area contributed by atoms with E-state index in [1.807, 2.05) is 0 Å². The van der Waals surface area contributed by atoms with Crippen LogP contribution in [0.1, 0.15) is 20.8 Å². The van der Waals surface area contributed by atoms with Crippen LogP contribution in [0.4, 0.5) is 0 Å². The van der Waals surface area contributed by atoms with Crippen LogP contribution >= 0.6 is 11.6 Å². The summed E-state index contributed by atoms with van der Waals surface area (Å²) < 4.78 is 0. The van der Waals surface area contributed by atoms with Crippen LogP contribution in [0.5, 0.6) is 0 Å². The Labute approximate surface area is 60.7 Å². The molecule has 1 atom stereocenters. The molecule has 0 aliphatic rings. The number of hydrogen-bond donors (Lipinski definition) is 0. The van der Waals surface area contributed by atoms with Crippen molar-refractivity contribution in [3.63, 3.8) is 0 Å². The van der Waals surface area contributed by atoms with Crippen LogP contribution in [-0.2, 0) is 4.79 Å². The maximum Gasteiger partial charge on any atom is 0.154 e. The van der Waals surface area contributed by atoms with E-state index in [4.69, 9.17) is 11.6 Å². The first-order valence-electron chi connectivity index (χ1n) is 2.75. The van der Waals surface area contributed by atoms with Gasteiger partial charge in [0.15, 0.2) is 5.78 Å². The summed E-state index contributed by atoms with van der Waals surface area (Å²) in [6, 6.07) is 0. The number of allylic oxidation sites excluding steroid dienone is 1. The summed E-state index contributed by atoms with van der Waals surface area (Å²) in [7, 11) is 0. The molecule has 1 nitrogen and oxygen atoms in total. The zero-order chi connectivity index (χ0) is 7.65. The van der Waals surface area contributed by atoms with Crippen LogP contribution in [0, 0.1) is 0 Å². The quantitative estimate of drug-likeness (QED) is 0.431. The lowest BCUT2D eigenvalue weighted by Crippen LogP contribution is -2.26. The number of alkyl halides is 1. The van der Waals surface area contributed by atoms with Crippen molar-refractivity contribution in [1.82, 2.24) is 0 Å². The van der Waals surface area contributed by atoms with Crippen molar-refractivity contribution in [2.24, 2.45) is 0 Å². The van der Waals surface area contributed by atoms with Gasteiger partial charge >= 0.3 is 0 Å². The Morgan fingerprint density at radius 3 is 1.89 bits per heavy atom. The maximum absolute atomic E-state index is 10.7. The molecule has 0 fully saturated rings. The van der Waals surface area contributed by atoms with Gasteiger partial charge in [0, 0.05) is 0 Å². The Morgan fingerprint density at radius 2 is 1.89 bits per heavy atom. The minimum atomic E-state index is -0.861. The monoisotopic (exact) mass is 146 g/mol. The summed E-state index contributed by atoms with van der Waals surface area (Å²) in [6.45, 7) is 8.45. The van der Waals surface area contributed by atoms with E-state index in [0.717, 1.165) is 0 Å². The predicted octanol–water partition coefficient (Wildman–Crippen LogP) is 2.15. The fourth-order valence-corrected chi connectivity index (χ4v) is 0.301. The van der Waals surface area contributed by atoms with E-state index < -0.39 is 4.87 Å². The first kappa shape index (κ1) is 8.70. The third kappa shape index (κ3) is 1.83. The normalized spacial score (nSPS) is 16.4. The first-order chi connectivity index (χ1) is 3.89. The van der Waals surface area contributed by atoms with Crippen molar-refractivity contribution in [2.45, 2.75) is 25.6 Å². The third-order valence-corrected chi connectivity index (χ3v) is 2.05. The Bertz CT molecular complexity index is 131. The minimum Gasteiger partial charge on any atom is -0.298 e. The number of hydrogen-bond acceptors (Lipinski definition) is 1. The standard InChI is InChI=1S/C7H11ClO/c1-5(2)7(4,8)6(3)9/h1H2,2-4H3. The van der Waals surface area contributed by atoms with Crippen LogP contribution in [-0.4, -0.2) is 10.7 Å². The second kappa shape index (κ2) is 2.53. The molecule has 0 rings (SSSR count). The Kier molecular flexibility index (Phi) is 2.44. The van der Waals surface area contributed by atoms with Crippen molar-refractivity contribution < 1.29 is 4.79 Å². The summed E-state index contributed by atoms with van der Waals surface area (Å²) in [5, 5.41) is 0. The number of Topliss-reactive ketones (excluding diaryl/α,β-unsaturated/α-hetero) is 1. The van der Waals surface area contributed by atoms with Gasteiger partial charge in [-0.25, -0.2) is 0 Å². The van der Waals surface area contributed by atoms with Gasteiger partial charge in [-0.05, 0) is 20.8 Å². The van der Waals surface area contributed by atoms with Gasteiger partial charge in [0.25, 0.3) is 0 Å². The molecule has 0 aromatic carbocycles. The number of carbonyl (C=O) groups excluding carboxylic acids is 1. The van der Waals surface area contributed by atoms with Crippen molar-refractivity contribution in [1.29, 1.82) is 0 Å². The highest BCUT2D eigenvalue weighted by Crippen LogP contribution is 2.23. The summed E-state index contributed by atoms with van der Waals surface area (Å²) in [4.78, 5) is 9.85. The molecule has 0 aromatic rings. The van der Waals surface area contributed by atoms with E-state index in [9.17, 15) is 4.79 Å². The smallest absolute Gasteiger partial charge is 0.154 e. The van der Waals surface area contributed by atoms with E-state index in [2.05, 4.69) is 6.58 Å². The van der Waals surface area contributed by atoms with Gasteiger partial charge < -0.3 is 0 Å². The second-order valence-electron chi connectivity index (χ2n) is 2.34. The van der Waals surface area contributed by atoms with Gasteiger partial charge in [-0.2, -0.15) is 0 Å². The molecular formula is C7H11ClO. The predicted molar refractivity (Wildman–Crippen MR) is 39.8 cm³/mol. The fourth-order valence-electron chi connectivity index (χ4n) is 0.301. The van der Waals surface area contributed by atoms with Crippen molar-refractivity contribution >= 4 is 17.4 Å². The molecule has 0 saturated carbocycles. The molecule has 0 N–H and O–H groups in total. The number of carbonyl (C=O) groups is 1. The molecule has 1 unspecified atom stereocenters.